The number of carbonyl (C=O) groups is 1. The van der Waals surface area contributed by atoms with Crippen molar-refractivity contribution in [1.82, 2.24) is 19.9 Å². The Bertz CT molecular complexity index is 1320. The van der Waals surface area contributed by atoms with Crippen LogP contribution >= 0.6 is 0 Å². The van der Waals surface area contributed by atoms with Crippen LogP contribution in [0.1, 0.15) is 53.6 Å². The molecule has 3 aromatic rings. The molecule has 4 heterocycles. The highest BCUT2D eigenvalue weighted by atomic mass is 19.1. The number of aromatic nitrogens is 3. The van der Waals surface area contributed by atoms with Crippen molar-refractivity contribution in [2.75, 3.05) is 18.4 Å². The second-order valence-electron chi connectivity index (χ2n) is 8.52. The minimum absolute atomic E-state index is 0.0139. The third-order valence-electron chi connectivity index (χ3n) is 6.11. The lowest BCUT2D eigenvalue weighted by Crippen LogP contribution is -2.35. The quantitative estimate of drug-likeness (QED) is 0.667. The molecule has 8 nitrogen and oxygen atoms in total. The third kappa shape index (κ3) is 3.47. The Morgan fingerprint density at radius 3 is 2.81 bits per heavy atom. The molecule has 0 atom stereocenters. The molecule has 0 aromatic carbocycles. The number of rotatable bonds is 4. The van der Waals surface area contributed by atoms with Gasteiger partial charge in [0, 0.05) is 24.8 Å². The minimum atomic E-state index is -0.644. The smallest absolute Gasteiger partial charge is 0.258 e. The number of carbonyl (C=O) groups excluding carboxylic acids is 1. The second kappa shape index (κ2) is 7.41. The molecule has 5 rings (SSSR count). The Morgan fingerprint density at radius 1 is 1.34 bits per heavy atom. The highest BCUT2D eigenvalue weighted by Gasteiger charge is 2.39. The number of nitrogens with one attached hydrogen (secondary N) is 1. The van der Waals surface area contributed by atoms with E-state index in [1.54, 1.807) is 17.9 Å². The fourth-order valence-corrected chi connectivity index (χ4v) is 3.96. The van der Waals surface area contributed by atoms with Crippen LogP contribution in [-0.4, -0.2) is 44.4 Å². The van der Waals surface area contributed by atoms with Gasteiger partial charge in [-0.25, -0.2) is 19.3 Å². The molecule has 32 heavy (non-hydrogen) atoms. The fraction of sp³-hybridized carbons (Fsp3) is 0.348. The maximum atomic E-state index is 13.9. The molecule has 0 saturated heterocycles. The van der Waals surface area contributed by atoms with Gasteiger partial charge in [0.05, 0.1) is 10.9 Å². The number of hydrogen-bond donors (Lipinski definition) is 1. The zero-order valence-electron chi connectivity index (χ0n) is 17.8. The van der Waals surface area contributed by atoms with Crippen molar-refractivity contribution in [3.05, 3.63) is 53.1 Å². The Kier molecular flexibility index (Phi) is 4.66. The molecule has 0 bridgehead atoms. The zero-order chi connectivity index (χ0) is 22.5. The van der Waals surface area contributed by atoms with Gasteiger partial charge in [0.15, 0.2) is 11.5 Å². The van der Waals surface area contributed by atoms with Gasteiger partial charge in [-0.05, 0) is 50.3 Å². The normalized spacial score (nSPS) is 17.1. The Balaban J connectivity index is 1.42. The molecule has 1 aliphatic heterocycles. The van der Waals surface area contributed by atoms with Gasteiger partial charge < -0.3 is 14.6 Å². The molecule has 0 unspecified atom stereocenters. The highest BCUT2D eigenvalue weighted by molar-refractivity contribution is 6.10. The zero-order valence-corrected chi connectivity index (χ0v) is 17.8. The summed E-state index contributed by atoms with van der Waals surface area (Å²) in [6.45, 7) is 4.71. The molecule has 1 N–H and O–H groups in total. The Morgan fingerprint density at radius 2 is 2.16 bits per heavy atom. The molecule has 1 fully saturated rings. The number of amides is 1. The molecule has 9 heteroatoms. The number of furan rings is 1. The standard InChI is InChI=1S/C23H21FN6O2/c1-13-18(19-20(29-23(2)5-6-23)27-12-28-21(19)32-13)22(31)30-7-3-14(4-8-30)15-9-16(24)17(10-25)26-11-15/h3,9,11-12H,4-8H2,1-2H3,(H,27,28,29). The van der Waals surface area contributed by atoms with E-state index in [4.69, 9.17) is 9.68 Å². The molecule has 1 aliphatic carbocycles. The summed E-state index contributed by atoms with van der Waals surface area (Å²) in [5, 5.41) is 12.9. The van der Waals surface area contributed by atoms with E-state index >= 15 is 0 Å². The van der Waals surface area contributed by atoms with Crippen LogP contribution in [0, 0.1) is 24.1 Å². The summed E-state index contributed by atoms with van der Waals surface area (Å²) in [4.78, 5) is 27.6. The molecule has 162 valence electrons. The molecule has 1 amide bonds. The van der Waals surface area contributed by atoms with Crippen LogP contribution in [-0.2, 0) is 0 Å². The monoisotopic (exact) mass is 432 g/mol. The number of nitrogens with zero attached hydrogens (tertiary/aromatic N) is 5. The van der Waals surface area contributed by atoms with Gasteiger partial charge in [0.2, 0.25) is 5.71 Å². The fourth-order valence-electron chi connectivity index (χ4n) is 3.96. The van der Waals surface area contributed by atoms with Gasteiger partial charge in [-0.2, -0.15) is 5.26 Å². The summed E-state index contributed by atoms with van der Waals surface area (Å²) in [5.74, 6) is 0.319. The van der Waals surface area contributed by atoms with Gasteiger partial charge >= 0.3 is 0 Å². The van der Waals surface area contributed by atoms with E-state index < -0.39 is 5.82 Å². The second-order valence-corrected chi connectivity index (χ2v) is 8.52. The lowest BCUT2D eigenvalue weighted by molar-refractivity contribution is 0.0773. The van der Waals surface area contributed by atoms with Crippen molar-refractivity contribution in [3.8, 4) is 6.07 Å². The topological polar surface area (TPSA) is 108 Å². The lowest BCUT2D eigenvalue weighted by Gasteiger charge is -2.26. The number of nitriles is 1. The molecular weight excluding hydrogens is 411 g/mol. The number of fused-ring (bicyclic) bond motifs is 1. The van der Waals surface area contributed by atoms with E-state index in [-0.39, 0.29) is 17.1 Å². The van der Waals surface area contributed by atoms with Crippen molar-refractivity contribution < 1.29 is 13.6 Å². The van der Waals surface area contributed by atoms with Gasteiger partial charge in [-0.3, -0.25) is 4.79 Å². The number of halogens is 1. The molecular formula is C23H21FN6O2. The van der Waals surface area contributed by atoms with Gasteiger partial charge in [-0.1, -0.05) is 6.08 Å². The summed E-state index contributed by atoms with van der Waals surface area (Å²) in [5.41, 5.74) is 2.13. The van der Waals surface area contributed by atoms with Crippen LogP contribution in [0.2, 0.25) is 0 Å². The lowest BCUT2D eigenvalue weighted by atomic mass is 10.00. The van der Waals surface area contributed by atoms with Crippen molar-refractivity contribution in [3.63, 3.8) is 0 Å². The van der Waals surface area contributed by atoms with E-state index in [1.807, 2.05) is 6.08 Å². The third-order valence-corrected chi connectivity index (χ3v) is 6.11. The van der Waals surface area contributed by atoms with Gasteiger partial charge in [0.1, 0.15) is 24.0 Å². The van der Waals surface area contributed by atoms with E-state index in [0.717, 1.165) is 18.4 Å². The largest absolute Gasteiger partial charge is 0.442 e. The predicted octanol–water partition coefficient (Wildman–Crippen LogP) is 3.83. The summed E-state index contributed by atoms with van der Waals surface area (Å²) in [7, 11) is 0. The van der Waals surface area contributed by atoms with Crippen molar-refractivity contribution in [2.24, 2.45) is 0 Å². The first-order chi connectivity index (χ1) is 15.4. The average molecular weight is 432 g/mol. The summed E-state index contributed by atoms with van der Waals surface area (Å²) in [6, 6.07) is 3.04. The molecule has 2 aliphatic rings. The van der Waals surface area contributed by atoms with E-state index in [2.05, 4.69) is 27.2 Å². The number of anilines is 1. The van der Waals surface area contributed by atoms with Crippen LogP contribution in [0.5, 0.6) is 0 Å². The number of pyridine rings is 1. The first-order valence-corrected chi connectivity index (χ1v) is 10.5. The van der Waals surface area contributed by atoms with E-state index in [1.165, 1.54) is 18.6 Å². The van der Waals surface area contributed by atoms with Crippen LogP contribution in [0.4, 0.5) is 10.2 Å². The van der Waals surface area contributed by atoms with Crippen LogP contribution < -0.4 is 5.32 Å². The summed E-state index contributed by atoms with van der Waals surface area (Å²) in [6.07, 6.45) is 7.46. The van der Waals surface area contributed by atoms with Crippen LogP contribution in [0.25, 0.3) is 16.7 Å². The number of aryl methyl sites for hydroxylation is 1. The minimum Gasteiger partial charge on any atom is -0.442 e. The molecule has 0 radical (unpaired) electrons. The van der Waals surface area contributed by atoms with Gasteiger partial charge in [-0.15, -0.1) is 0 Å². The first-order valence-electron chi connectivity index (χ1n) is 10.5. The Hall–Kier alpha value is -3.80. The molecule has 0 spiro atoms. The van der Waals surface area contributed by atoms with E-state index in [0.29, 0.717) is 53.3 Å². The van der Waals surface area contributed by atoms with Crippen molar-refractivity contribution in [2.45, 2.75) is 38.6 Å². The van der Waals surface area contributed by atoms with Crippen molar-refractivity contribution >= 4 is 28.4 Å². The summed E-state index contributed by atoms with van der Waals surface area (Å²) >= 11 is 0. The maximum absolute atomic E-state index is 13.9. The summed E-state index contributed by atoms with van der Waals surface area (Å²) < 4.78 is 19.7. The van der Waals surface area contributed by atoms with E-state index in [9.17, 15) is 9.18 Å². The molecule has 3 aromatic heterocycles. The SMILES string of the molecule is Cc1oc2ncnc(NC3(C)CC3)c2c1C(=O)N1CC=C(c2cnc(C#N)c(F)c2)CC1. The number of hydrogen-bond acceptors (Lipinski definition) is 7. The average Bonchev–Trinajstić information content (AvgIpc) is 3.41. The Labute approximate surface area is 183 Å². The van der Waals surface area contributed by atoms with Crippen LogP contribution in [0.15, 0.2) is 29.1 Å². The first kappa shape index (κ1) is 20.1. The van der Waals surface area contributed by atoms with Crippen molar-refractivity contribution in [1.29, 1.82) is 5.26 Å². The highest BCUT2D eigenvalue weighted by Crippen LogP contribution is 2.40. The van der Waals surface area contributed by atoms with Crippen LogP contribution in [0.3, 0.4) is 0 Å². The molecule has 1 saturated carbocycles. The predicted molar refractivity (Wildman–Crippen MR) is 115 cm³/mol. The maximum Gasteiger partial charge on any atom is 0.258 e. The van der Waals surface area contributed by atoms with Gasteiger partial charge in [0.25, 0.3) is 5.91 Å².